The van der Waals surface area contributed by atoms with E-state index in [2.05, 4.69) is 52.8 Å². The summed E-state index contributed by atoms with van der Waals surface area (Å²) in [5.41, 5.74) is 5.80. The molecule has 0 bridgehead atoms. The van der Waals surface area contributed by atoms with Crippen LogP contribution < -0.4 is 15.5 Å². The van der Waals surface area contributed by atoms with E-state index in [0.29, 0.717) is 37.5 Å². The Labute approximate surface area is 235 Å². The highest BCUT2D eigenvalue weighted by Crippen LogP contribution is 2.22. The molecule has 2 N–H and O–H groups in total. The molecule has 1 fully saturated rings. The molecule has 0 spiro atoms. The number of amides is 2. The number of anilines is 1. The van der Waals surface area contributed by atoms with E-state index >= 15 is 0 Å². The van der Waals surface area contributed by atoms with Crippen molar-refractivity contribution in [3.05, 3.63) is 100 Å². The molecule has 0 aromatic heterocycles. The highest BCUT2D eigenvalue weighted by atomic mass is 35.5. The third-order valence-electron chi connectivity index (χ3n) is 7.41. The Balaban J connectivity index is 0.00000336. The maximum absolute atomic E-state index is 13.7. The summed E-state index contributed by atoms with van der Waals surface area (Å²) < 4.78 is 0. The molecular weight excluding hydrogens is 519 g/mol. The third kappa shape index (κ3) is 6.49. The lowest BCUT2D eigenvalue weighted by atomic mass is 9.95. The van der Waals surface area contributed by atoms with Gasteiger partial charge in [-0.05, 0) is 53.8 Å². The minimum absolute atomic E-state index is 0. The predicted octanol–water partition coefficient (Wildman–Crippen LogP) is 4.16. The number of nitrogens with one attached hydrogen (secondary N) is 2. The van der Waals surface area contributed by atoms with E-state index in [1.807, 2.05) is 47.4 Å². The summed E-state index contributed by atoms with van der Waals surface area (Å²) in [5.74, 6) is -0.177. The van der Waals surface area contributed by atoms with Gasteiger partial charge in [-0.1, -0.05) is 66.2 Å². The number of para-hydroxylation sites is 1. The molecule has 1 saturated heterocycles. The van der Waals surface area contributed by atoms with Gasteiger partial charge in [-0.25, -0.2) is 0 Å². The van der Waals surface area contributed by atoms with Gasteiger partial charge >= 0.3 is 0 Å². The fourth-order valence-corrected chi connectivity index (χ4v) is 5.40. The molecule has 6 nitrogen and oxygen atoms in total. The van der Waals surface area contributed by atoms with Crippen molar-refractivity contribution < 1.29 is 9.59 Å². The van der Waals surface area contributed by atoms with Crippen LogP contribution in [0.25, 0.3) is 0 Å². The molecule has 5 rings (SSSR count). The summed E-state index contributed by atoms with van der Waals surface area (Å²) in [6.07, 6.45) is 1.03. The van der Waals surface area contributed by atoms with Crippen molar-refractivity contribution in [1.29, 1.82) is 0 Å². The van der Waals surface area contributed by atoms with E-state index in [9.17, 15) is 9.59 Å². The Morgan fingerprint density at radius 2 is 1.61 bits per heavy atom. The molecule has 0 saturated carbocycles. The first-order valence-corrected chi connectivity index (χ1v) is 13.3. The molecule has 0 radical (unpaired) electrons. The van der Waals surface area contributed by atoms with Crippen LogP contribution in [-0.4, -0.2) is 55.0 Å². The van der Waals surface area contributed by atoms with Crippen LogP contribution in [0, 0.1) is 6.92 Å². The number of aryl methyl sites for hydroxylation is 1. The van der Waals surface area contributed by atoms with Gasteiger partial charge in [0.2, 0.25) is 11.8 Å². The Kier molecular flexibility index (Phi) is 9.31. The van der Waals surface area contributed by atoms with E-state index in [0.717, 1.165) is 18.7 Å². The number of halogens is 2. The highest BCUT2D eigenvalue weighted by Gasteiger charge is 2.32. The SMILES string of the molecule is Cc1ccccc1N1CCN(C(=O)[C@@H](Cc2ccc(Cl)cc2)NC(=O)[C@H]2Cc3ccccc3CN2)CC1.Cl. The number of carbonyl (C=O) groups excluding carboxylic acids is 2. The first-order chi connectivity index (χ1) is 18.0. The van der Waals surface area contributed by atoms with Crippen LogP contribution in [0.4, 0.5) is 5.69 Å². The van der Waals surface area contributed by atoms with Crippen molar-refractivity contribution in [2.24, 2.45) is 0 Å². The number of nitrogens with zero attached hydrogens (tertiary/aromatic N) is 2. The molecule has 2 aliphatic heterocycles. The van der Waals surface area contributed by atoms with Gasteiger partial charge in [0.1, 0.15) is 6.04 Å². The van der Waals surface area contributed by atoms with Crippen LogP contribution in [0.3, 0.4) is 0 Å². The molecule has 38 heavy (non-hydrogen) atoms. The van der Waals surface area contributed by atoms with Crippen molar-refractivity contribution in [3.8, 4) is 0 Å². The minimum Gasteiger partial charge on any atom is -0.368 e. The topological polar surface area (TPSA) is 64.7 Å². The van der Waals surface area contributed by atoms with Gasteiger partial charge in [0.15, 0.2) is 0 Å². The summed E-state index contributed by atoms with van der Waals surface area (Å²) >= 11 is 6.08. The number of rotatable bonds is 6. The largest absolute Gasteiger partial charge is 0.368 e. The normalized spacial score (nSPS) is 17.7. The van der Waals surface area contributed by atoms with Crippen LogP contribution in [-0.2, 0) is 29.0 Å². The van der Waals surface area contributed by atoms with Gasteiger partial charge in [0.25, 0.3) is 0 Å². The van der Waals surface area contributed by atoms with Gasteiger partial charge in [-0.15, -0.1) is 12.4 Å². The zero-order valence-electron chi connectivity index (χ0n) is 21.5. The van der Waals surface area contributed by atoms with Crippen LogP contribution in [0.15, 0.2) is 72.8 Å². The summed E-state index contributed by atoms with van der Waals surface area (Å²) in [5, 5.41) is 7.08. The lowest BCUT2D eigenvalue weighted by Crippen LogP contribution is -2.58. The summed E-state index contributed by atoms with van der Waals surface area (Å²) in [6.45, 7) is 5.52. The molecule has 200 valence electrons. The molecule has 2 amide bonds. The Hall–Kier alpha value is -3.06. The third-order valence-corrected chi connectivity index (χ3v) is 7.66. The number of benzene rings is 3. The second-order valence-corrected chi connectivity index (χ2v) is 10.3. The number of hydrogen-bond donors (Lipinski definition) is 2. The van der Waals surface area contributed by atoms with Crippen LogP contribution in [0.2, 0.25) is 5.02 Å². The zero-order valence-corrected chi connectivity index (χ0v) is 23.1. The van der Waals surface area contributed by atoms with Crippen molar-refractivity contribution in [2.45, 2.75) is 38.4 Å². The smallest absolute Gasteiger partial charge is 0.245 e. The predicted molar refractivity (Wildman–Crippen MR) is 155 cm³/mol. The van der Waals surface area contributed by atoms with Crippen LogP contribution in [0.5, 0.6) is 0 Å². The molecule has 3 aromatic rings. The average molecular weight is 554 g/mol. The molecule has 2 aliphatic rings. The minimum atomic E-state index is -0.641. The van der Waals surface area contributed by atoms with Crippen LogP contribution in [0.1, 0.15) is 22.3 Å². The summed E-state index contributed by atoms with van der Waals surface area (Å²) in [4.78, 5) is 31.3. The van der Waals surface area contributed by atoms with Crippen molar-refractivity contribution in [1.82, 2.24) is 15.5 Å². The molecule has 3 aromatic carbocycles. The van der Waals surface area contributed by atoms with E-state index in [1.54, 1.807) is 0 Å². The maximum atomic E-state index is 13.7. The number of carbonyl (C=O) groups is 2. The van der Waals surface area contributed by atoms with E-state index < -0.39 is 6.04 Å². The maximum Gasteiger partial charge on any atom is 0.245 e. The lowest BCUT2D eigenvalue weighted by molar-refractivity contribution is -0.137. The lowest BCUT2D eigenvalue weighted by Gasteiger charge is -2.38. The van der Waals surface area contributed by atoms with E-state index in [4.69, 9.17) is 11.6 Å². The number of fused-ring (bicyclic) bond motifs is 1. The Morgan fingerprint density at radius 3 is 2.32 bits per heavy atom. The van der Waals surface area contributed by atoms with Gasteiger partial charge in [0, 0.05) is 49.9 Å². The summed E-state index contributed by atoms with van der Waals surface area (Å²) in [6, 6.07) is 23.0. The van der Waals surface area contributed by atoms with Crippen molar-refractivity contribution in [3.63, 3.8) is 0 Å². The van der Waals surface area contributed by atoms with E-state index in [-0.39, 0.29) is 30.3 Å². The highest BCUT2D eigenvalue weighted by molar-refractivity contribution is 6.30. The molecule has 0 aliphatic carbocycles. The van der Waals surface area contributed by atoms with Gasteiger partial charge in [-0.2, -0.15) is 0 Å². The molecular formula is C30H34Cl2N4O2. The quantitative estimate of drug-likeness (QED) is 0.482. The fourth-order valence-electron chi connectivity index (χ4n) is 5.27. The number of hydrogen-bond acceptors (Lipinski definition) is 4. The molecule has 2 atom stereocenters. The van der Waals surface area contributed by atoms with Gasteiger partial charge in [0.05, 0.1) is 6.04 Å². The molecule has 2 heterocycles. The first kappa shape index (κ1) is 28.0. The monoisotopic (exact) mass is 552 g/mol. The fraction of sp³-hybridized carbons (Fsp3) is 0.333. The van der Waals surface area contributed by atoms with Gasteiger partial charge < -0.3 is 20.4 Å². The molecule has 8 heteroatoms. The Morgan fingerprint density at radius 1 is 0.947 bits per heavy atom. The van der Waals surface area contributed by atoms with Crippen molar-refractivity contribution in [2.75, 3.05) is 31.1 Å². The molecule has 0 unspecified atom stereocenters. The summed E-state index contributed by atoms with van der Waals surface area (Å²) in [7, 11) is 0. The Bertz CT molecular complexity index is 1260. The van der Waals surface area contributed by atoms with Gasteiger partial charge in [-0.3, -0.25) is 9.59 Å². The average Bonchev–Trinajstić information content (AvgIpc) is 2.93. The number of piperazine rings is 1. The first-order valence-electron chi connectivity index (χ1n) is 12.9. The standard InChI is InChI=1S/C30H33ClN4O2.ClH/c1-21-6-2-5-9-28(21)34-14-16-35(17-15-34)30(37)27(18-22-10-12-25(31)13-11-22)33-29(36)26-19-23-7-3-4-8-24(23)20-32-26;/h2-13,26-27,32H,14-20H2,1H3,(H,33,36);1H/t26-,27-;/m1./s1. The zero-order chi connectivity index (χ0) is 25.8. The van der Waals surface area contributed by atoms with Crippen LogP contribution >= 0.6 is 24.0 Å². The van der Waals surface area contributed by atoms with Crippen molar-refractivity contribution >= 4 is 41.5 Å². The second-order valence-electron chi connectivity index (χ2n) is 9.90. The van der Waals surface area contributed by atoms with E-state index in [1.165, 1.54) is 22.4 Å². The second kappa shape index (κ2) is 12.7.